The Balaban J connectivity index is -0.000000113. The van der Waals surface area contributed by atoms with Gasteiger partial charge in [0, 0.05) is 5.41 Å². The third-order valence-electron chi connectivity index (χ3n) is 15.9. The van der Waals surface area contributed by atoms with E-state index in [-0.39, 0.29) is 5.41 Å². The monoisotopic (exact) mass is 1210 g/mol. The molecule has 2 aromatic rings. The Kier molecular flexibility index (Phi) is 69.0. The van der Waals surface area contributed by atoms with Crippen molar-refractivity contribution in [3.63, 3.8) is 0 Å². The summed E-state index contributed by atoms with van der Waals surface area (Å²) in [6.07, 6.45) is 29.0. The van der Waals surface area contributed by atoms with Gasteiger partial charge in [-0.3, -0.25) is 0 Å². The molecule has 0 heterocycles. The number of hydrogen-bond donors (Lipinski definition) is 0. The van der Waals surface area contributed by atoms with E-state index in [1.165, 1.54) is 101 Å². The smallest absolute Gasteiger partial charge is 0.0197 e. The van der Waals surface area contributed by atoms with Crippen LogP contribution < -0.4 is 0 Å². The highest BCUT2D eigenvalue weighted by atomic mass is 14.5. The van der Waals surface area contributed by atoms with E-state index in [4.69, 9.17) is 0 Å². The molecule has 0 nitrogen and oxygen atoms in total. The summed E-state index contributed by atoms with van der Waals surface area (Å²) in [5.41, 5.74) is 17.2. The molecule has 0 fully saturated rings. The lowest BCUT2D eigenvalue weighted by Crippen LogP contribution is -2.41. The first kappa shape index (κ1) is 102. The first-order valence-corrected chi connectivity index (χ1v) is 34.7. The van der Waals surface area contributed by atoms with Crippen LogP contribution in [0.1, 0.15) is 366 Å². The number of allylic oxidation sites excluding steroid dienone is 16. The van der Waals surface area contributed by atoms with E-state index in [1.54, 1.807) is 0 Å². The van der Waals surface area contributed by atoms with E-state index >= 15 is 0 Å². The second kappa shape index (κ2) is 58.7. The van der Waals surface area contributed by atoms with Crippen molar-refractivity contribution in [3.05, 3.63) is 165 Å². The zero-order valence-electron chi connectivity index (χ0n) is 68.0. The summed E-state index contributed by atoms with van der Waals surface area (Å²) in [5.74, 6) is 0. The molecule has 0 atom stereocenters. The fourth-order valence-corrected chi connectivity index (χ4v) is 8.13. The van der Waals surface area contributed by atoms with Crippen LogP contribution in [0.5, 0.6) is 0 Å². The molecule has 0 N–H and O–H groups in total. The summed E-state index contributed by atoms with van der Waals surface area (Å²) >= 11 is 0. The molecule has 2 rings (SSSR count). The van der Waals surface area contributed by atoms with E-state index in [9.17, 15) is 0 Å². The summed E-state index contributed by atoms with van der Waals surface area (Å²) in [5, 5.41) is 0. The maximum absolute atomic E-state index is 2.35. The summed E-state index contributed by atoms with van der Waals surface area (Å²) in [6, 6.07) is 21.7. The van der Waals surface area contributed by atoms with Gasteiger partial charge in [0.1, 0.15) is 0 Å². The van der Waals surface area contributed by atoms with Crippen LogP contribution >= 0.6 is 0 Å². The molecule has 0 aliphatic heterocycles. The van der Waals surface area contributed by atoms with E-state index in [0.717, 1.165) is 19.3 Å². The van der Waals surface area contributed by atoms with Crippen LogP contribution in [-0.4, -0.2) is 0 Å². The largest absolute Gasteiger partial charge is 0.0917 e. The molecule has 0 aliphatic rings. The molecular formula is C87H164. The number of hydrogen-bond acceptors (Lipinski definition) is 0. The van der Waals surface area contributed by atoms with Crippen molar-refractivity contribution >= 4 is 0 Å². The summed E-state index contributed by atoms with van der Waals surface area (Å²) in [6.45, 7) is 92.5. The first-order valence-electron chi connectivity index (χ1n) is 34.7. The Morgan fingerprint density at radius 1 is 0.368 bits per heavy atom. The first-order chi connectivity index (χ1) is 39.5. The molecule has 0 bridgehead atoms. The van der Waals surface area contributed by atoms with Crippen molar-refractivity contribution in [1.29, 1.82) is 0 Å². The van der Waals surface area contributed by atoms with Gasteiger partial charge in [-0.1, -0.05) is 334 Å². The standard InChI is InChI=1S/C17H20.C11H24.C9H20.3C7H14.4C6H12.C5H10/c1-3-17(4-2,15-11-7-5-8-12-15)16-13-9-6-10-14-16;1-9(2,3)11(7,8)10(4,5)6;1-8(2,3)7-9(4,5)6;1-5-6-7(2,3)4;2*1-5-7(4)6(2)3;2*1-4-5-6(2)3;2*1-4-6(3)5-2;1-3-5-4-2/h5-14H,3-4H2,1-2H3;1-8H3;7H2,1-6H3;5-6H,1-4H3;2*5H2,1-4H3;2*5H,4H2,1-3H3;2*4H,5H2,1-3H3;3,5H,4H2,1-2H3/b;;;6-5-;;;;;2*6-4-;5-3-. The van der Waals surface area contributed by atoms with Gasteiger partial charge in [-0.25, -0.2) is 0 Å². The lowest BCUT2D eigenvalue weighted by Gasteiger charge is -2.49. The Hall–Kier alpha value is -3.64. The van der Waals surface area contributed by atoms with Gasteiger partial charge in [-0.15, -0.1) is 0 Å². The number of rotatable bonds is 11. The molecular weight excluding hydrogens is 1040 g/mol. The molecule has 0 amide bonds. The van der Waals surface area contributed by atoms with E-state index < -0.39 is 0 Å². The molecule has 512 valence electrons. The predicted molar refractivity (Wildman–Crippen MR) is 417 cm³/mol. The van der Waals surface area contributed by atoms with Crippen molar-refractivity contribution in [1.82, 2.24) is 0 Å². The van der Waals surface area contributed by atoms with Gasteiger partial charge in [0.05, 0.1) is 0 Å². The van der Waals surface area contributed by atoms with Crippen LogP contribution in [-0.2, 0) is 5.41 Å². The maximum atomic E-state index is 2.35. The normalized spacial score (nSPS) is 11.4. The second-order valence-electron chi connectivity index (χ2n) is 30.4. The molecule has 0 saturated heterocycles. The average Bonchev–Trinajstić information content (AvgIpc) is 2.44. The van der Waals surface area contributed by atoms with Gasteiger partial charge in [-0.05, 0) is 219 Å². The van der Waals surface area contributed by atoms with Crippen LogP contribution in [0, 0.1) is 32.5 Å². The Morgan fingerprint density at radius 2 is 0.655 bits per heavy atom. The highest BCUT2D eigenvalue weighted by Gasteiger charge is 2.42. The third kappa shape index (κ3) is 71.3. The third-order valence-corrected chi connectivity index (χ3v) is 15.9. The minimum atomic E-state index is 0.169. The second-order valence-corrected chi connectivity index (χ2v) is 30.4. The lowest BCUT2D eigenvalue weighted by molar-refractivity contribution is 0.00575. The van der Waals surface area contributed by atoms with Crippen LogP contribution in [0.2, 0.25) is 0 Å². The summed E-state index contributed by atoms with van der Waals surface area (Å²) in [4.78, 5) is 0. The fraction of sp³-hybridized carbons (Fsp3) is 0.678. The van der Waals surface area contributed by atoms with Gasteiger partial charge >= 0.3 is 0 Å². The lowest BCUT2D eigenvalue weighted by atomic mass is 9.56. The highest BCUT2D eigenvalue weighted by Crippen LogP contribution is 2.50. The van der Waals surface area contributed by atoms with E-state index in [0.29, 0.717) is 32.5 Å². The van der Waals surface area contributed by atoms with Gasteiger partial charge in [0.15, 0.2) is 0 Å². The van der Waals surface area contributed by atoms with Crippen LogP contribution in [0.15, 0.2) is 154 Å². The Bertz CT molecular complexity index is 1920. The summed E-state index contributed by atoms with van der Waals surface area (Å²) in [7, 11) is 0. The molecule has 87 heavy (non-hydrogen) atoms. The van der Waals surface area contributed by atoms with Gasteiger partial charge < -0.3 is 0 Å². The minimum Gasteiger partial charge on any atom is -0.0917 e. The van der Waals surface area contributed by atoms with E-state index in [2.05, 4.69) is 386 Å². The molecule has 0 radical (unpaired) electrons. The number of benzene rings is 2. The van der Waals surface area contributed by atoms with Crippen molar-refractivity contribution in [2.24, 2.45) is 32.5 Å². The Labute approximate surface area is 554 Å². The molecule has 2 aromatic carbocycles. The zero-order chi connectivity index (χ0) is 71.1. The highest BCUT2D eigenvalue weighted by molar-refractivity contribution is 5.39. The van der Waals surface area contributed by atoms with Gasteiger partial charge in [0.25, 0.3) is 0 Å². The van der Waals surface area contributed by atoms with Crippen molar-refractivity contribution < 1.29 is 0 Å². The molecule has 0 spiro atoms. The molecule has 0 aromatic heterocycles. The zero-order valence-corrected chi connectivity index (χ0v) is 68.0. The van der Waals surface area contributed by atoms with Crippen LogP contribution in [0.25, 0.3) is 0 Å². The van der Waals surface area contributed by atoms with Gasteiger partial charge in [-0.2, -0.15) is 0 Å². The van der Waals surface area contributed by atoms with Crippen LogP contribution in [0.4, 0.5) is 0 Å². The maximum Gasteiger partial charge on any atom is 0.0197 e. The molecule has 0 saturated carbocycles. The summed E-state index contributed by atoms with van der Waals surface area (Å²) < 4.78 is 0. The molecule has 0 heteroatoms. The van der Waals surface area contributed by atoms with Gasteiger partial charge in [0.2, 0.25) is 0 Å². The van der Waals surface area contributed by atoms with Crippen molar-refractivity contribution in [2.45, 2.75) is 360 Å². The molecule has 0 unspecified atom stereocenters. The van der Waals surface area contributed by atoms with Crippen molar-refractivity contribution in [2.75, 3.05) is 0 Å². The predicted octanol–water partition coefficient (Wildman–Crippen LogP) is 31.9. The fourth-order valence-electron chi connectivity index (χ4n) is 8.13. The molecule has 0 aliphatic carbocycles. The minimum absolute atomic E-state index is 0.169. The quantitative estimate of drug-likeness (QED) is 0.197. The topological polar surface area (TPSA) is 0 Å². The average molecular weight is 1210 g/mol. The van der Waals surface area contributed by atoms with Crippen molar-refractivity contribution in [3.8, 4) is 0 Å². The van der Waals surface area contributed by atoms with E-state index in [1.807, 2.05) is 13.8 Å². The Morgan fingerprint density at radius 3 is 0.713 bits per heavy atom. The van der Waals surface area contributed by atoms with Crippen LogP contribution in [0.3, 0.4) is 0 Å². The SMILES string of the molecule is C/C=C(/C)CC.C/C=C(/C)CC.C/C=C\C(C)(C)C.C/C=C\CC.CC(C)(C)C(C)(C)C(C)(C)C.CC(C)(C)CC(C)(C)C.CCC(C)=C(C)C.CCC(C)=C(C)C.CCC(CC)(c1ccccc1)c1ccccc1.CCC=C(C)C.CCC=C(C)C.